The van der Waals surface area contributed by atoms with Gasteiger partial charge < -0.3 is 11.1 Å². The van der Waals surface area contributed by atoms with Crippen molar-refractivity contribution in [2.45, 2.75) is 39.0 Å². The number of hydrogen-bond acceptors (Lipinski definition) is 2. The van der Waals surface area contributed by atoms with Crippen LogP contribution in [0.25, 0.3) is 0 Å². The van der Waals surface area contributed by atoms with Crippen LogP contribution in [0, 0.1) is 5.41 Å². The van der Waals surface area contributed by atoms with E-state index in [9.17, 15) is 4.79 Å². The minimum absolute atomic E-state index is 0.0408. The molecule has 19 heavy (non-hydrogen) atoms. The number of hydrogen-bond donors (Lipinski definition) is 2. The second kappa shape index (κ2) is 6.20. The molecule has 0 aliphatic heterocycles. The number of carbonyl (C=O) groups excluding carboxylic acids is 1. The Morgan fingerprint density at radius 3 is 2.47 bits per heavy atom. The smallest absolute Gasteiger partial charge is 0.251 e. The summed E-state index contributed by atoms with van der Waals surface area (Å²) in [5.74, 6) is 0.0408. The highest BCUT2D eigenvalue weighted by molar-refractivity contribution is 5.94. The molecule has 3 heteroatoms. The molecule has 0 heterocycles. The number of nitrogens with one attached hydrogen (secondary N) is 1. The van der Waals surface area contributed by atoms with E-state index in [1.54, 1.807) is 0 Å². The van der Waals surface area contributed by atoms with Gasteiger partial charge in [0.25, 0.3) is 5.91 Å². The summed E-state index contributed by atoms with van der Waals surface area (Å²) in [5, 5.41) is 3.08. The predicted octanol–water partition coefficient (Wildman–Crippen LogP) is 2.50. The molecule has 1 aliphatic rings. The van der Waals surface area contributed by atoms with E-state index >= 15 is 0 Å². The Bertz CT molecular complexity index is 415. The average Bonchev–Trinajstić information content (AvgIpc) is 2.39. The quantitative estimate of drug-likeness (QED) is 0.825. The Morgan fingerprint density at radius 1 is 1.32 bits per heavy atom. The molecule has 3 N–H and O–H groups in total. The molecule has 0 saturated heterocycles. The molecule has 0 aromatic heterocycles. The molecule has 0 radical (unpaired) electrons. The Labute approximate surface area is 115 Å². The third-order valence-corrected chi connectivity index (χ3v) is 4.44. The molecular formula is C16H24N2O. The van der Waals surface area contributed by atoms with Gasteiger partial charge in [-0.3, -0.25) is 4.79 Å². The van der Waals surface area contributed by atoms with Gasteiger partial charge in [0.2, 0.25) is 0 Å². The van der Waals surface area contributed by atoms with Gasteiger partial charge in [0.05, 0.1) is 0 Å². The van der Waals surface area contributed by atoms with E-state index in [1.807, 2.05) is 24.3 Å². The summed E-state index contributed by atoms with van der Waals surface area (Å²) in [6.07, 6.45) is 5.82. The van der Waals surface area contributed by atoms with E-state index in [1.165, 1.54) is 24.8 Å². The second-order valence-corrected chi connectivity index (χ2v) is 5.63. The van der Waals surface area contributed by atoms with Gasteiger partial charge in [-0.1, -0.05) is 25.5 Å². The maximum absolute atomic E-state index is 12.1. The zero-order valence-electron chi connectivity index (χ0n) is 11.7. The van der Waals surface area contributed by atoms with Crippen molar-refractivity contribution >= 4 is 5.91 Å². The van der Waals surface area contributed by atoms with Gasteiger partial charge in [-0.2, -0.15) is 0 Å². The van der Waals surface area contributed by atoms with Crippen LogP contribution in [0.4, 0.5) is 0 Å². The van der Waals surface area contributed by atoms with Crippen LogP contribution in [0.3, 0.4) is 0 Å². The van der Waals surface area contributed by atoms with E-state index in [4.69, 9.17) is 5.73 Å². The van der Waals surface area contributed by atoms with E-state index in [-0.39, 0.29) is 5.91 Å². The van der Waals surface area contributed by atoms with Crippen LogP contribution in [0.2, 0.25) is 0 Å². The molecule has 1 aliphatic carbocycles. The summed E-state index contributed by atoms with van der Waals surface area (Å²) in [5.41, 5.74) is 7.81. The molecule has 0 bridgehead atoms. The fourth-order valence-corrected chi connectivity index (χ4v) is 2.69. The largest absolute Gasteiger partial charge is 0.351 e. The Morgan fingerprint density at radius 2 is 2.00 bits per heavy atom. The predicted molar refractivity (Wildman–Crippen MR) is 78.1 cm³/mol. The molecule has 1 aromatic carbocycles. The monoisotopic (exact) mass is 260 g/mol. The van der Waals surface area contributed by atoms with Gasteiger partial charge >= 0.3 is 0 Å². The molecule has 3 nitrogen and oxygen atoms in total. The lowest BCUT2D eigenvalue weighted by Gasteiger charge is -2.41. The summed E-state index contributed by atoms with van der Waals surface area (Å²) in [6.45, 7) is 3.67. The summed E-state index contributed by atoms with van der Waals surface area (Å²) in [6, 6.07) is 7.75. The molecule has 0 atom stereocenters. The van der Waals surface area contributed by atoms with Gasteiger partial charge in [-0.15, -0.1) is 0 Å². The molecule has 1 aromatic rings. The molecule has 1 fully saturated rings. The summed E-state index contributed by atoms with van der Waals surface area (Å²) in [7, 11) is 0. The van der Waals surface area contributed by atoms with Crippen LogP contribution < -0.4 is 11.1 Å². The molecular weight excluding hydrogens is 236 g/mol. The van der Waals surface area contributed by atoms with E-state index < -0.39 is 0 Å². The lowest BCUT2D eigenvalue weighted by atomic mass is 9.67. The maximum Gasteiger partial charge on any atom is 0.251 e. The molecule has 104 valence electrons. The summed E-state index contributed by atoms with van der Waals surface area (Å²) >= 11 is 0. The highest BCUT2D eigenvalue weighted by atomic mass is 16.1. The Hall–Kier alpha value is -1.35. The van der Waals surface area contributed by atoms with Gasteiger partial charge in [-0.25, -0.2) is 0 Å². The van der Waals surface area contributed by atoms with Crippen molar-refractivity contribution in [1.29, 1.82) is 0 Å². The summed E-state index contributed by atoms with van der Waals surface area (Å²) in [4.78, 5) is 12.1. The van der Waals surface area contributed by atoms with Gasteiger partial charge in [0.1, 0.15) is 0 Å². The Balaban J connectivity index is 1.89. The molecule has 0 spiro atoms. The third kappa shape index (κ3) is 3.35. The van der Waals surface area contributed by atoms with Crippen molar-refractivity contribution in [3.63, 3.8) is 0 Å². The average molecular weight is 260 g/mol. The first-order valence-corrected chi connectivity index (χ1v) is 7.26. The first-order chi connectivity index (χ1) is 9.19. The highest BCUT2D eigenvalue weighted by Crippen LogP contribution is 2.43. The van der Waals surface area contributed by atoms with Gasteiger partial charge in [-0.05, 0) is 55.3 Å². The normalized spacial score (nSPS) is 16.7. The van der Waals surface area contributed by atoms with Crippen LogP contribution >= 0.6 is 0 Å². The van der Waals surface area contributed by atoms with Crippen LogP contribution in [0.15, 0.2) is 24.3 Å². The standard InChI is InChI=1S/C16H24N2O/c1-2-16(9-3-10-16)12-18-15(19)14-6-4-13(5-7-14)8-11-17/h4-7H,2-3,8-12,17H2,1H3,(H,18,19). The van der Waals surface area contributed by atoms with Crippen molar-refractivity contribution in [3.05, 3.63) is 35.4 Å². The number of carbonyl (C=O) groups is 1. The Kier molecular flexibility index (Phi) is 4.59. The number of amides is 1. The van der Waals surface area contributed by atoms with E-state index in [0.29, 0.717) is 12.0 Å². The fourth-order valence-electron chi connectivity index (χ4n) is 2.69. The topological polar surface area (TPSA) is 55.1 Å². The van der Waals surface area contributed by atoms with Gasteiger partial charge in [0, 0.05) is 12.1 Å². The first-order valence-electron chi connectivity index (χ1n) is 7.26. The van der Waals surface area contributed by atoms with Crippen molar-refractivity contribution in [2.75, 3.05) is 13.1 Å². The third-order valence-electron chi connectivity index (χ3n) is 4.44. The molecule has 0 unspecified atom stereocenters. The zero-order chi connectivity index (χ0) is 13.7. The molecule has 2 rings (SSSR count). The summed E-state index contributed by atoms with van der Waals surface area (Å²) < 4.78 is 0. The number of benzene rings is 1. The van der Waals surface area contributed by atoms with Crippen molar-refractivity contribution in [3.8, 4) is 0 Å². The minimum Gasteiger partial charge on any atom is -0.351 e. The first kappa shape index (κ1) is 14.1. The van der Waals surface area contributed by atoms with Crippen LogP contribution in [-0.4, -0.2) is 19.0 Å². The fraction of sp³-hybridized carbons (Fsp3) is 0.562. The number of rotatable bonds is 6. The zero-order valence-corrected chi connectivity index (χ0v) is 11.7. The van der Waals surface area contributed by atoms with Crippen molar-refractivity contribution < 1.29 is 4.79 Å². The van der Waals surface area contributed by atoms with Crippen LogP contribution in [0.5, 0.6) is 0 Å². The van der Waals surface area contributed by atoms with Crippen molar-refractivity contribution in [2.24, 2.45) is 11.1 Å². The van der Waals surface area contributed by atoms with Crippen molar-refractivity contribution in [1.82, 2.24) is 5.32 Å². The van der Waals surface area contributed by atoms with Crippen LogP contribution in [0.1, 0.15) is 48.5 Å². The second-order valence-electron chi connectivity index (χ2n) is 5.63. The van der Waals surface area contributed by atoms with E-state index in [0.717, 1.165) is 24.9 Å². The van der Waals surface area contributed by atoms with Crippen LogP contribution in [-0.2, 0) is 6.42 Å². The number of nitrogens with two attached hydrogens (primary N) is 1. The lowest BCUT2D eigenvalue weighted by molar-refractivity contribution is 0.0850. The van der Waals surface area contributed by atoms with E-state index in [2.05, 4.69) is 12.2 Å². The molecule has 1 saturated carbocycles. The minimum atomic E-state index is 0.0408. The molecule has 1 amide bonds. The van der Waals surface area contributed by atoms with Gasteiger partial charge in [0.15, 0.2) is 0 Å². The maximum atomic E-state index is 12.1. The highest BCUT2D eigenvalue weighted by Gasteiger charge is 2.35. The SMILES string of the molecule is CCC1(CNC(=O)c2ccc(CCN)cc2)CCC1. The lowest BCUT2D eigenvalue weighted by Crippen LogP contribution is -2.41.